The minimum Gasteiger partial charge on any atom is -0.347 e. The van der Waals surface area contributed by atoms with Crippen LogP contribution in [0.5, 0.6) is 0 Å². The third-order valence-electron chi connectivity index (χ3n) is 2.33. The van der Waals surface area contributed by atoms with Crippen LogP contribution in [0.15, 0.2) is 0 Å². The summed E-state index contributed by atoms with van der Waals surface area (Å²) < 4.78 is 6.24. The highest BCUT2D eigenvalue weighted by Gasteiger charge is 2.35. The quantitative estimate of drug-likeness (QED) is 0.542. The molecule has 1 aliphatic rings. The molecule has 0 aliphatic carbocycles. The van der Waals surface area contributed by atoms with Gasteiger partial charge in [0.15, 0.2) is 0 Å². The third-order valence-corrected chi connectivity index (χ3v) is 3.21. The first-order chi connectivity index (χ1) is 5.43. The van der Waals surface area contributed by atoms with E-state index in [0.717, 1.165) is 13.0 Å². The van der Waals surface area contributed by atoms with Crippen molar-refractivity contribution < 1.29 is 4.74 Å². The van der Waals surface area contributed by atoms with Crippen LogP contribution < -0.4 is 0 Å². The first kappa shape index (κ1) is 10.7. The van der Waals surface area contributed by atoms with Crippen LogP contribution in [0.1, 0.15) is 34.1 Å². The molecule has 1 rings (SSSR count). The van der Waals surface area contributed by atoms with Crippen LogP contribution in [-0.2, 0) is 4.74 Å². The molecule has 2 nitrogen and oxygen atoms in total. The van der Waals surface area contributed by atoms with Crippen LogP contribution in [-0.4, -0.2) is 27.3 Å². The van der Waals surface area contributed by atoms with Gasteiger partial charge in [0.25, 0.3) is 0 Å². The topological polar surface area (TPSA) is 12.5 Å². The van der Waals surface area contributed by atoms with E-state index in [1.54, 1.807) is 0 Å². The number of halogens is 1. The third kappa shape index (κ3) is 2.33. The highest BCUT2D eigenvalue weighted by atomic mass is 127. The van der Waals surface area contributed by atoms with Gasteiger partial charge in [0.05, 0.1) is 0 Å². The molecule has 0 spiro atoms. The van der Waals surface area contributed by atoms with Gasteiger partial charge in [0, 0.05) is 12.6 Å². The summed E-state index contributed by atoms with van der Waals surface area (Å²) in [4.78, 5) is 2.40. The average Bonchev–Trinajstić information content (AvgIpc) is 1.82. The molecule has 0 aromatic carbocycles. The smallest absolute Gasteiger partial charge is 0.117 e. The number of nitrogens with zero attached hydrogens (tertiary/aromatic N) is 1. The van der Waals surface area contributed by atoms with Gasteiger partial charge in [0.2, 0.25) is 0 Å². The Labute approximate surface area is 88.8 Å². The molecule has 0 aromatic rings. The molecule has 0 N–H and O–H groups in total. The Morgan fingerprint density at radius 3 is 2.50 bits per heavy atom. The molecule has 0 amide bonds. The molecular formula is C9H18INO. The Kier molecular flexibility index (Phi) is 3.40. The maximum absolute atomic E-state index is 5.86. The Morgan fingerprint density at radius 1 is 1.50 bits per heavy atom. The van der Waals surface area contributed by atoms with Crippen LogP contribution in [0.4, 0.5) is 0 Å². The lowest BCUT2D eigenvalue weighted by molar-refractivity contribution is -0.179. The Hall–Kier alpha value is 0.650. The Morgan fingerprint density at radius 2 is 2.08 bits per heavy atom. The second kappa shape index (κ2) is 3.80. The summed E-state index contributed by atoms with van der Waals surface area (Å²) in [5.74, 6) is 0. The molecule has 0 saturated carbocycles. The standard InChI is InChI=1S/C9H18INO/c1-7(2)11-6-5-8(10)12-9(11,3)4/h7-8H,5-6H2,1-4H3/t8-/m0/s1. The van der Waals surface area contributed by atoms with Crippen molar-refractivity contribution in [1.29, 1.82) is 0 Å². The van der Waals surface area contributed by atoms with Gasteiger partial charge in [-0.05, 0) is 34.1 Å². The number of alkyl halides is 1. The van der Waals surface area contributed by atoms with Gasteiger partial charge >= 0.3 is 0 Å². The number of ether oxygens (including phenoxy) is 1. The fourth-order valence-electron chi connectivity index (χ4n) is 1.83. The molecule has 12 heavy (non-hydrogen) atoms. The van der Waals surface area contributed by atoms with Gasteiger partial charge in [-0.2, -0.15) is 0 Å². The van der Waals surface area contributed by atoms with E-state index in [0.29, 0.717) is 10.2 Å². The molecule has 1 heterocycles. The van der Waals surface area contributed by atoms with E-state index in [9.17, 15) is 0 Å². The van der Waals surface area contributed by atoms with E-state index in [1.165, 1.54) is 0 Å². The molecule has 1 atom stereocenters. The molecular weight excluding hydrogens is 265 g/mol. The van der Waals surface area contributed by atoms with Crippen LogP contribution in [0.2, 0.25) is 0 Å². The van der Waals surface area contributed by atoms with Crippen molar-refractivity contribution in [3.63, 3.8) is 0 Å². The van der Waals surface area contributed by atoms with E-state index in [2.05, 4.69) is 55.2 Å². The monoisotopic (exact) mass is 283 g/mol. The fourth-order valence-corrected chi connectivity index (χ4v) is 2.73. The molecule has 0 aromatic heterocycles. The lowest BCUT2D eigenvalue weighted by Gasteiger charge is -2.46. The summed E-state index contributed by atoms with van der Waals surface area (Å²) in [7, 11) is 0. The highest BCUT2D eigenvalue weighted by molar-refractivity contribution is 14.1. The van der Waals surface area contributed by atoms with Crippen LogP contribution in [0.25, 0.3) is 0 Å². The van der Waals surface area contributed by atoms with Gasteiger partial charge in [-0.15, -0.1) is 0 Å². The first-order valence-corrected chi connectivity index (χ1v) is 5.76. The van der Waals surface area contributed by atoms with Crippen molar-refractivity contribution in [1.82, 2.24) is 4.90 Å². The molecule has 1 aliphatic heterocycles. The Bertz CT molecular complexity index is 159. The fraction of sp³-hybridized carbons (Fsp3) is 1.00. The zero-order valence-corrected chi connectivity index (χ0v) is 10.5. The number of hydrogen-bond donors (Lipinski definition) is 0. The average molecular weight is 283 g/mol. The van der Waals surface area contributed by atoms with Crippen LogP contribution in [0.3, 0.4) is 0 Å². The van der Waals surface area contributed by atoms with Crippen molar-refractivity contribution >= 4 is 22.6 Å². The van der Waals surface area contributed by atoms with E-state index < -0.39 is 0 Å². The second-order valence-corrected chi connectivity index (χ2v) is 5.44. The molecule has 0 unspecified atom stereocenters. The summed E-state index contributed by atoms with van der Waals surface area (Å²) >= 11 is 2.37. The maximum atomic E-state index is 5.86. The maximum Gasteiger partial charge on any atom is 0.117 e. The molecule has 72 valence electrons. The van der Waals surface area contributed by atoms with Crippen LogP contribution in [0, 0.1) is 0 Å². The lowest BCUT2D eigenvalue weighted by Crippen LogP contribution is -2.55. The highest BCUT2D eigenvalue weighted by Crippen LogP contribution is 2.29. The van der Waals surface area contributed by atoms with Gasteiger partial charge in [-0.25, -0.2) is 0 Å². The zero-order valence-electron chi connectivity index (χ0n) is 8.30. The summed E-state index contributed by atoms with van der Waals surface area (Å²) in [6, 6.07) is 0.573. The van der Waals surface area contributed by atoms with Gasteiger partial charge in [0.1, 0.15) is 9.84 Å². The molecule has 1 fully saturated rings. The number of hydrogen-bond acceptors (Lipinski definition) is 2. The van der Waals surface area contributed by atoms with Gasteiger partial charge in [-0.1, -0.05) is 22.6 Å². The minimum atomic E-state index is -0.0850. The van der Waals surface area contributed by atoms with Crippen LogP contribution >= 0.6 is 22.6 Å². The van der Waals surface area contributed by atoms with Crippen molar-refractivity contribution in [2.75, 3.05) is 6.54 Å². The summed E-state index contributed by atoms with van der Waals surface area (Å²) in [6.45, 7) is 9.89. The molecule has 1 saturated heterocycles. The van der Waals surface area contributed by atoms with Gasteiger partial charge < -0.3 is 4.74 Å². The van der Waals surface area contributed by atoms with Crippen molar-refractivity contribution in [3.8, 4) is 0 Å². The summed E-state index contributed by atoms with van der Waals surface area (Å²) in [5.41, 5.74) is -0.0850. The first-order valence-electron chi connectivity index (χ1n) is 4.52. The lowest BCUT2D eigenvalue weighted by atomic mass is 10.1. The molecule has 0 bridgehead atoms. The largest absolute Gasteiger partial charge is 0.347 e. The van der Waals surface area contributed by atoms with Gasteiger partial charge in [-0.3, -0.25) is 4.90 Å². The van der Waals surface area contributed by atoms with E-state index in [1.807, 2.05) is 0 Å². The van der Waals surface area contributed by atoms with E-state index >= 15 is 0 Å². The minimum absolute atomic E-state index is 0.0850. The van der Waals surface area contributed by atoms with Crippen molar-refractivity contribution in [2.45, 2.75) is 50.0 Å². The van der Waals surface area contributed by atoms with E-state index in [4.69, 9.17) is 4.74 Å². The molecule has 0 radical (unpaired) electrons. The second-order valence-electron chi connectivity index (χ2n) is 4.05. The van der Waals surface area contributed by atoms with Crippen molar-refractivity contribution in [2.24, 2.45) is 0 Å². The summed E-state index contributed by atoms with van der Waals surface area (Å²) in [5, 5.41) is 0. The molecule has 3 heteroatoms. The summed E-state index contributed by atoms with van der Waals surface area (Å²) in [6.07, 6.45) is 1.14. The zero-order chi connectivity index (χ0) is 9.35. The Balaban J connectivity index is 2.64. The van der Waals surface area contributed by atoms with Crippen molar-refractivity contribution in [3.05, 3.63) is 0 Å². The van der Waals surface area contributed by atoms with E-state index in [-0.39, 0.29) is 5.72 Å². The predicted octanol–water partition coefficient (Wildman–Crippen LogP) is 2.61. The SMILES string of the molecule is CC(C)N1CC[C@@H](I)OC1(C)C. The normalized spacial score (nSPS) is 31.0. The number of rotatable bonds is 1. The predicted molar refractivity (Wildman–Crippen MR) is 59.4 cm³/mol.